The standard InChI is InChI=1S/C17H22ClN3OS/c1-19-14-3-2-8-21(9-14)10-15-12-23-17(20-15)11-22-16-6-4-13(18)5-7-16/h4-7,12,14,19H,2-3,8-11H2,1H3. The van der Waals surface area contributed by atoms with Gasteiger partial charge in [-0.05, 0) is 50.7 Å². The Morgan fingerprint density at radius 3 is 3.00 bits per heavy atom. The van der Waals surface area contributed by atoms with Gasteiger partial charge in [-0.25, -0.2) is 4.98 Å². The van der Waals surface area contributed by atoms with Gasteiger partial charge in [0.2, 0.25) is 0 Å². The van der Waals surface area contributed by atoms with E-state index in [9.17, 15) is 0 Å². The second-order valence-electron chi connectivity index (χ2n) is 5.84. The lowest BCUT2D eigenvalue weighted by molar-refractivity contribution is 0.186. The van der Waals surface area contributed by atoms with Crippen LogP contribution in [0.1, 0.15) is 23.5 Å². The summed E-state index contributed by atoms with van der Waals surface area (Å²) in [5.74, 6) is 0.819. The van der Waals surface area contributed by atoms with Crippen molar-refractivity contribution in [3.05, 3.63) is 45.4 Å². The topological polar surface area (TPSA) is 37.4 Å². The number of benzene rings is 1. The number of likely N-dealkylation sites (N-methyl/N-ethyl adjacent to an activating group) is 1. The molecule has 1 fully saturated rings. The van der Waals surface area contributed by atoms with E-state index in [-0.39, 0.29) is 0 Å². The van der Waals surface area contributed by atoms with Crippen LogP contribution in [0.5, 0.6) is 5.75 Å². The molecule has 3 rings (SSSR count). The van der Waals surface area contributed by atoms with Gasteiger partial charge in [0.05, 0.1) is 5.69 Å². The van der Waals surface area contributed by atoms with Crippen molar-refractivity contribution in [3.8, 4) is 5.75 Å². The predicted molar refractivity (Wildman–Crippen MR) is 95.3 cm³/mol. The van der Waals surface area contributed by atoms with E-state index in [0.717, 1.165) is 41.1 Å². The Morgan fingerprint density at radius 1 is 1.39 bits per heavy atom. The summed E-state index contributed by atoms with van der Waals surface area (Å²) in [6.07, 6.45) is 2.52. The highest BCUT2D eigenvalue weighted by Gasteiger charge is 2.19. The molecule has 1 aliphatic heterocycles. The van der Waals surface area contributed by atoms with Crippen LogP contribution in [0.4, 0.5) is 0 Å². The summed E-state index contributed by atoms with van der Waals surface area (Å²) in [6, 6.07) is 8.03. The summed E-state index contributed by atoms with van der Waals surface area (Å²) in [5, 5.41) is 7.25. The van der Waals surface area contributed by atoms with Gasteiger partial charge >= 0.3 is 0 Å². The minimum absolute atomic E-state index is 0.505. The monoisotopic (exact) mass is 351 g/mol. The van der Waals surface area contributed by atoms with Crippen molar-refractivity contribution in [2.75, 3.05) is 20.1 Å². The summed E-state index contributed by atoms with van der Waals surface area (Å²) in [6.45, 7) is 3.69. The smallest absolute Gasteiger partial charge is 0.140 e. The summed E-state index contributed by atoms with van der Waals surface area (Å²) < 4.78 is 5.75. The highest BCUT2D eigenvalue weighted by molar-refractivity contribution is 7.09. The van der Waals surface area contributed by atoms with E-state index >= 15 is 0 Å². The lowest BCUT2D eigenvalue weighted by Gasteiger charge is -2.31. The Morgan fingerprint density at radius 2 is 2.22 bits per heavy atom. The van der Waals surface area contributed by atoms with Crippen LogP contribution in [0, 0.1) is 0 Å². The van der Waals surface area contributed by atoms with E-state index in [4.69, 9.17) is 21.3 Å². The van der Waals surface area contributed by atoms with E-state index < -0.39 is 0 Å². The molecule has 1 atom stereocenters. The van der Waals surface area contributed by atoms with Crippen LogP contribution in [0.25, 0.3) is 0 Å². The largest absolute Gasteiger partial charge is 0.486 e. The molecule has 6 heteroatoms. The van der Waals surface area contributed by atoms with Crippen molar-refractivity contribution in [3.63, 3.8) is 0 Å². The molecule has 23 heavy (non-hydrogen) atoms. The summed E-state index contributed by atoms with van der Waals surface area (Å²) in [5.41, 5.74) is 1.14. The number of ether oxygens (including phenoxy) is 1. The Bertz CT molecular complexity index is 617. The number of halogens is 1. The second kappa shape index (κ2) is 8.11. The zero-order valence-corrected chi connectivity index (χ0v) is 14.9. The molecule has 0 amide bonds. The molecule has 1 aliphatic rings. The molecule has 1 aromatic carbocycles. The maximum atomic E-state index is 5.87. The third-order valence-electron chi connectivity index (χ3n) is 4.07. The highest BCUT2D eigenvalue weighted by Crippen LogP contribution is 2.19. The molecule has 0 bridgehead atoms. The number of rotatable bonds is 6. The molecule has 0 saturated carbocycles. The average molecular weight is 352 g/mol. The van der Waals surface area contributed by atoms with Gasteiger partial charge in [-0.15, -0.1) is 11.3 Å². The first-order valence-corrected chi connectivity index (χ1v) is 9.20. The molecule has 0 aliphatic carbocycles. The number of nitrogens with one attached hydrogen (secondary N) is 1. The van der Waals surface area contributed by atoms with Gasteiger partial charge in [0.15, 0.2) is 0 Å². The number of nitrogens with zero attached hydrogens (tertiary/aromatic N) is 2. The highest BCUT2D eigenvalue weighted by atomic mass is 35.5. The molecule has 0 spiro atoms. The first-order valence-electron chi connectivity index (χ1n) is 7.94. The third-order valence-corrected chi connectivity index (χ3v) is 5.20. The zero-order valence-electron chi connectivity index (χ0n) is 13.3. The Hall–Kier alpha value is -1.14. The number of hydrogen-bond donors (Lipinski definition) is 1. The van der Waals surface area contributed by atoms with Gasteiger partial charge in [-0.2, -0.15) is 0 Å². The normalized spacial score (nSPS) is 19.0. The van der Waals surface area contributed by atoms with E-state index in [2.05, 4.69) is 15.6 Å². The first-order chi connectivity index (χ1) is 11.2. The first kappa shape index (κ1) is 16.7. The molecule has 2 heterocycles. The molecule has 4 nitrogen and oxygen atoms in total. The SMILES string of the molecule is CNC1CCCN(Cc2csc(COc3ccc(Cl)cc3)n2)C1. The van der Waals surface area contributed by atoms with Crippen molar-refractivity contribution in [2.24, 2.45) is 0 Å². The van der Waals surface area contributed by atoms with Gasteiger partial charge in [0.25, 0.3) is 0 Å². The van der Waals surface area contributed by atoms with Crippen molar-refractivity contribution < 1.29 is 4.74 Å². The van der Waals surface area contributed by atoms with Crippen LogP contribution in [0.2, 0.25) is 5.02 Å². The van der Waals surface area contributed by atoms with E-state index in [1.165, 1.54) is 12.8 Å². The summed E-state index contributed by atoms with van der Waals surface area (Å²) >= 11 is 7.53. The molecular weight excluding hydrogens is 330 g/mol. The van der Waals surface area contributed by atoms with Gasteiger partial charge in [-0.1, -0.05) is 11.6 Å². The minimum Gasteiger partial charge on any atom is -0.486 e. The third kappa shape index (κ3) is 4.91. The quantitative estimate of drug-likeness (QED) is 0.863. The maximum absolute atomic E-state index is 5.87. The lowest BCUT2D eigenvalue weighted by atomic mass is 10.1. The summed E-state index contributed by atoms with van der Waals surface area (Å²) in [4.78, 5) is 7.17. The molecular formula is C17H22ClN3OS. The van der Waals surface area contributed by atoms with Gasteiger partial charge in [0.1, 0.15) is 17.4 Å². The lowest BCUT2D eigenvalue weighted by Crippen LogP contribution is -2.43. The Labute approximate surface area is 146 Å². The van der Waals surface area contributed by atoms with E-state index in [0.29, 0.717) is 12.6 Å². The van der Waals surface area contributed by atoms with E-state index in [1.54, 1.807) is 11.3 Å². The van der Waals surface area contributed by atoms with Gasteiger partial charge in [0, 0.05) is 29.5 Å². The number of piperidine rings is 1. The second-order valence-corrected chi connectivity index (χ2v) is 7.22. The fraction of sp³-hybridized carbons (Fsp3) is 0.471. The predicted octanol–water partition coefficient (Wildman–Crippen LogP) is 3.56. The van der Waals surface area contributed by atoms with Crippen LogP contribution in [-0.2, 0) is 13.2 Å². The average Bonchev–Trinajstić information content (AvgIpc) is 3.02. The van der Waals surface area contributed by atoms with Crippen LogP contribution < -0.4 is 10.1 Å². The van der Waals surface area contributed by atoms with Crippen LogP contribution in [0.15, 0.2) is 29.6 Å². The van der Waals surface area contributed by atoms with Crippen molar-refractivity contribution in [1.82, 2.24) is 15.2 Å². The Kier molecular flexibility index (Phi) is 5.89. The summed E-state index contributed by atoms with van der Waals surface area (Å²) in [7, 11) is 2.04. The molecule has 2 aromatic rings. The number of aromatic nitrogens is 1. The van der Waals surface area contributed by atoms with Crippen molar-refractivity contribution >= 4 is 22.9 Å². The molecule has 1 saturated heterocycles. The molecule has 124 valence electrons. The maximum Gasteiger partial charge on any atom is 0.140 e. The fourth-order valence-corrected chi connectivity index (χ4v) is 3.65. The van der Waals surface area contributed by atoms with Crippen LogP contribution >= 0.6 is 22.9 Å². The molecule has 1 aromatic heterocycles. The fourth-order valence-electron chi connectivity index (χ4n) is 2.83. The number of likely N-dealkylation sites (tertiary alicyclic amines) is 1. The van der Waals surface area contributed by atoms with E-state index in [1.807, 2.05) is 31.3 Å². The number of thiazole rings is 1. The molecule has 1 unspecified atom stereocenters. The van der Waals surface area contributed by atoms with Crippen LogP contribution in [-0.4, -0.2) is 36.1 Å². The molecule has 1 N–H and O–H groups in total. The molecule has 0 radical (unpaired) electrons. The number of hydrogen-bond acceptors (Lipinski definition) is 5. The van der Waals surface area contributed by atoms with Gasteiger partial charge < -0.3 is 10.1 Å². The minimum atomic E-state index is 0.505. The van der Waals surface area contributed by atoms with Gasteiger partial charge in [-0.3, -0.25) is 4.90 Å². The zero-order chi connectivity index (χ0) is 16.1. The van der Waals surface area contributed by atoms with Crippen molar-refractivity contribution in [1.29, 1.82) is 0 Å². The Balaban J connectivity index is 1.50. The van der Waals surface area contributed by atoms with Crippen LogP contribution in [0.3, 0.4) is 0 Å². The van der Waals surface area contributed by atoms with Crippen molar-refractivity contribution in [2.45, 2.75) is 32.0 Å².